The normalized spacial score (nSPS) is 11.6. The molecule has 2 amide bonds. The Morgan fingerprint density at radius 3 is 2.54 bits per heavy atom. The number of ether oxygens (including phenoxy) is 1. The number of likely N-dealkylation sites (N-methyl/N-ethyl adjacent to an activating group) is 1. The standard InChI is InChI=1S/C21H24Cl2N2O3/c1-4-24-21(27)15(3)25(12-16-8-6-5-7-14(16)2)20(26)13-28-19-10-9-17(22)11-18(19)23/h5-11,15H,4,12-13H2,1-3H3,(H,24,27). The van der Waals surface area contributed by atoms with Crippen LogP contribution in [-0.4, -0.2) is 35.9 Å². The van der Waals surface area contributed by atoms with Gasteiger partial charge in [-0.05, 0) is 50.1 Å². The highest BCUT2D eigenvalue weighted by Gasteiger charge is 2.26. The molecule has 0 bridgehead atoms. The number of carbonyl (C=O) groups excluding carboxylic acids is 2. The largest absolute Gasteiger partial charge is 0.482 e. The monoisotopic (exact) mass is 422 g/mol. The molecule has 2 aromatic rings. The van der Waals surface area contributed by atoms with Gasteiger partial charge in [-0.15, -0.1) is 0 Å². The van der Waals surface area contributed by atoms with Crippen LogP contribution in [0.25, 0.3) is 0 Å². The molecule has 0 heterocycles. The van der Waals surface area contributed by atoms with Crippen molar-refractivity contribution in [1.29, 1.82) is 0 Å². The number of nitrogens with one attached hydrogen (secondary N) is 1. The van der Waals surface area contributed by atoms with E-state index >= 15 is 0 Å². The molecule has 1 atom stereocenters. The first-order valence-electron chi connectivity index (χ1n) is 9.03. The summed E-state index contributed by atoms with van der Waals surface area (Å²) in [5.41, 5.74) is 2.02. The van der Waals surface area contributed by atoms with E-state index < -0.39 is 6.04 Å². The first-order valence-corrected chi connectivity index (χ1v) is 9.78. The molecule has 1 N–H and O–H groups in total. The number of rotatable bonds is 8. The van der Waals surface area contributed by atoms with E-state index in [1.807, 2.05) is 38.1 Å². The smallest absolute Gasteiger partial charge is 0.261 e. The zero-order chi connectivity index (χ0) is 20.7. The zero-order valence-electron chi connectivity index (χ0n) is 16.2. The fourth-order valence-electron chi connectivity index (χ4n) is 2.69. The van der Waals surface area contributed by atoms with Gasteiger partial charge in [0.25, 0.3) is 5.91 Å². The maximum atomic E-state index is 12.9. The molecule has 0 radical (unpaired) electrons. The van der Waals surface area contributed by atoms with Crippen LogP contribution in [0.5, 0.6) is 5.75 Å². The van der Waals surface area contributed by atoms with Gasteiger partial charge < -0.3 is 15.0 Å². The minimum Gasteiger partial charge on any atom is -0.482 e. The number of carbonyl (C=O) groups is 2. The Bertz CT molecular complexity index is 842. The number of hydrogen-bond donors (Lipinski definition) is 1. The topological polar surface area (TPSA) is 58.6 Å². The zero-order valence-corrected chi connectivity index (χ0v) is 17.7. The van der Waals surface area contributed by atoms with Gasteiger partial charge in [-0.3, -0.25) is 9.59 Å². The molecule has 1 unspecified atom stereocenters. The molecule has 2 aromatic carbocycles. The first-order chi connectivity index (χ1) is 13.3. The Kier molecular flexibility index (Phi) is 8.15. The Morgan fingerprint density at radius 1 is 1.18 bits per heavy atom. The van der Waals surface area contributed by atoms with Gasteiger partial charge >= 0.3 is 0 Å². The van der Waals surface area contributed by atoms with Crippen molar-refractivity contribution >= 4 is 35.0 Å². The van der Waals surface area contributed by atoms with E-state index in [0.717, 1.165) is 11.1 Å². The molecule has 0 spiro atoms. The highest BCUT2D eigenvalue weighted by Crippen LogP contribution is 2.27. The molecule has 7 heteroatoms. The fourth-order valence-corrected chi connectivity index (χ4v) is 3.15. The van der Waals surface area contributed by atoms with Gasteiger partial charge in [-0.1, -0.05) is 47.5 Å². The molecule has 2 rings (SSSR count). The van der Waals surface area contributed by atoms with Crippen LogP contribution in [0, 0.1) is 6.92 Å². The SMILES string of the molecule is CCNC(=O)C(C)N(Cc1ccccc1C)C(=O)COc1ccc(Cl)cc1Cl. The van der Waals surface area contributed by atoms with Crippen molar-refractivity contribution in [3.05, 3.63) is 63.6 Å². The van der Waals surface area contributed by atoms with Crippen molar-refractivity contribution in [2.75, 3.05) is 13.2 Å². The summed E-state index contributed by atoms with van der Waals surface area (Å²) in [5, 5.41) is 3.56. The molecule has 0 aromatic heterocycles. The Labute approximate surface area is 175 Å². The van der Waals surface area contributed by atoms with Crippen LogP contribution in [0.15, 0.2) is 42.5 Å². The molecule has 5 nitrogen and oxygen atoms in total. The van der Waals surface area contributed by atoms with E-state index in [0.29, 0.717) is 28.9 Å². The minimum absolute atomic E-state index is 0.214. The molecule has 0 aliphatic carbocycles. The third-order valence-corrected chi connectivity index (χ3v) is 4.90. The van der Waals surface area contributed by atoms with Gasteiger partial charge in [0.15, 0.2) is 6.61 Å². The number of aryl methyl sites for hydroxylation is 1. The van der Waals surface area contributed by atoms with E-state index in [4.69, 9.17) is 27.9 Å². The summed E-state index contributed by atoms with van der Waals surface area (Å²) >= 11 is 12.0. The van der Waals surface area contributed by atoms with E-state index in [2.05, 4.69) is 5.32 Å². The minimum atomic E-state index is -0.642. The van der Waals surface area contributed by atoms with Crippen molar-refractivity contribution in [2.24, 2.45) is 0 Å². The molecular weight excluding hydrogens is 399 g/mol. The van der Waals surface area contributed by atoms with E-state index in [-0.39, 0.29) is 18.4 Å². The van der Waals surface area contributed by atoms with Crippen molar-refractivity contribution in [3.63, 3.8) is 0 Å². The number of halogens is 2. The Hall–Kier alpha value is -2.24. The van der Waals surface area contributed by atoms with Crippen LogP contribution in [0.2, 0.25) is 10.0 Å². The summed E-state index contributed by atoms with van der Waals surface area (Å²) < 4.78 is 5.58. The van der Waals surface area contributed by atoms with Crippen LogP contribution < -0.4 is 10.1 Å². The Balaban J connectivity index is 2.18. The molecule has 0 saturated carbocycles. The lowest BCUT2D eigenvalue weighted by molar-refractivity contribution is -0.142. The molecule has 28 heavy (non-hydrogen) atoms. The van der Waals surface area contributed by atoms with Gasteiger partial charge in [0.05, 0.1) is 5.02 Å². The first kappa shape index (κ1) is 22.1. The molecule has 0 fully saturated rings. The third-order valence-electron chi connectivity index (χ3n) is 4.37. The highest BCUT2D eigenvalue weighted by molar-refractivity contribution is 6.35. The number of hydrogen-bond acceptors (Lipinski definition) is 3. The van der Waals surface area contributed by atoms with Gasteiger partial charge in [0.2, 0.25) is 5.91 Å². The predicted molar refractivity (Wildman–Crippen MR) is 112 cm³/mol. The van der Waals surface area contributed by atoms with Crippen molar-refractivity contribution in [1.82, 2.24) is 10.2 Å². The van der Waals surface area contributed by atoms with Crippen LogP contribution in [-0.2, 0) is 16.1 Å². The average Bonchev–Trinajstić information content (AvgIpc) is 2.66. The number of amides is 2. The lowest BCUT2D eigenvalue weighted by Crippen LogP contribution is -2.49. The summed E-state index contributed by atoms with van der Waals surface area (Å²) in [7, 11) is 0. The highest BCUT2D eigenvalue weighted by atomic mass is 35.5. The average molecular weight is 423 g/mol. The second-order valence-electron chi connectivity index (χ2n) is 6.38. The molecular formula is C21H24Cl2N2O3. The summed E-state index contributed by atoms with van der Waals surface area (Å²) in [5.74, 6) is -0.164. The summed E-state index contributed by atoms with van der Waals surface area (Å²) in [6.07, 6.45) is 0. The van der Waals surface area contributed by atoms with Crippen LogP contribution >= 0.6 is 23.2 Å². The molecule has 150 valence electrons. The number of benzene rings is 2. The van der Waals surface area contributed by atoms with Crippen molar-refractivity contribution < 1.29 is 14.3 Å². The van der Waals surface area contributed by atoms with Crippen LogP contribution in [0.4, 0.5) is 0 Å². The van der Waals surface area contributed by atoms with Crippen LogP contribution in [0.3, 0.4) is 0 Å². The fraction of sp³-hybridized carbons (Fsp3) is 0.333. The van der Waals surface area contributed by atoms with Gasteiger partial charge in [-0.25, -0.2) is 0 Å². The lowest BCUT2D eigenvalue weighted by atomic mass is 10.1. The summed E-state index contributed by atoms with van der Waals surface area (Å²) in [4.78, 5) is 26.8. The number of nitrogens with zero attached hydrogens (tertiary/aromatic N) is 1. The predicted octanol–water partition coefficient (Wildman–Crippen LogP) is 4.23. The van der Waals surface area contributed by atoms with Crippen molar-refractivity contribution in [3.8, 4) is 5.75 Å². The van der Waals surface area contributed by atoms with E-state index in [1.165, 1.54) is 4.90 Å². The molecule has 0 aliphatic heterocycles. The van der Waals surface area contributed by atoms with Gasteiger partial charge in [0.1, 0.15) is 11.8 Å². The molecule has 0 aliphatic rings. The lowest BCUT2D eigenvalue weighted by Gasteiger charge is -2.29. The van der Waals surface area contributed by atoms with Crippen molar-refractivity contribution in [2.45, 2.75) is 33.4 Å². The maximum absolute atomic E-state index is 12.9. The summed E-state index contributed by atoms with van der Waals surface area (Å²) in [6.45, 7) is 6.07. The second kappa shape index (κ2) is 10.3. The van der Waals surface area contributed by atoms with Gasteiger partial charge in [-0.2, -0.15) is 0 Å². The Morgan fingerprint density at radius 2 is 1.89 bits per heavy atom. The second-order valence-corrected chi connectivity index (χ2v) is 7.23. The maximum Gasteiger partial charge on any atom is 0.261 e. The molecule has 0 saturated heterocycles. The van der Waals surface area contributed by atoms with E-state index in [9.17, 15) is 9.59 Å². The van der Waals surface area contributed by atoms with Crippen LogP contribution in [0.1, 0.15) is 25.0 Å². The third kappa shape index (κ3) is 5.88. The van der Waals surface area contributed by atoms with E-state index in [1.54, 1.807) is 25.1 Å². The quantitative estimate of drug-likeness (QED) is 0.691. The van der Waals surface area contributed by atoms with Gasteiger partial charge in [0, 0.05) is 18.1 Å². The summed E-state index contributed by atoms with van der Waals surface area (Å²) in [6, 6.07) is 11.9.